The molecule has 1 N–H and O–H groups in total. The van der Waals surface area contributed by atoms with E-state index in [2.05, 4.69) is 5.23 Å². The number of rotatable bonds is 4. The van der Waals surface area contributed by atoms with Crippen LogP contribution in [0.3, 0.4) is 0 Å². The molecule has 1 aliphatic heterocycles. The van der Waals surface area contributed by atoms with Gasteiger partial charge in [0.05, 0.1) is 25.6 Å². The molecule has 5 nitrogen and oxygen atoms in total. The number of ether oxygens (including phenoxy) is 1. The molecule has 0 bridgehead atoms. The molecule has 1 rings (SSSR count). The van der Waals surface area contributed by atoms with Gasteiger partial charge in [-0.1, -0.05) is 0 Å². The summed E-state index contributed by atoms with van der Waals surface area (Å²) in [6.45, 7) is 0.750. The van der Waals surface area contributed by atoms with Gasteiger partial charge in [0.25, 0.3) is 0 Å². The summed E-state index contributed by atoms with van der Waals surface area (Å²) in [6.07, 6.45) is 0.263. The van der Waals surface area contributed by atoms with Crippen LogP contribution in [-0.4, -0.2) is 51.0 Å². The summed E-state index contributed by atoms with van der Waals surface area (Å²) in [5, 5.41) is 2.80. The third-order valence-corrected chi connectivity index (χ3v) is 2.11. The number of likely N-dealkylation sites (tertiary alicyclic amines) is 1. The van der Waals surface area contributed by atoms with Crippen molar-refractivity contribution < 1.29 is 14.3 Å². The lowest BCUT2D eigenvalue weighted by atomic mass is 10.2. The Balaban J connectivity index is 2.54. The highest BCUT2D eigenvalue weighted by Crippen LogP contribution is 2.11. The van der Waals surface area contributed by atoms with Crippen molar-refractivity contribution in [2.24, 2.45) is 0 Å². The third-order valence-electron chi connectivity index (χ3n) is 2.11. The second-order valence-corrected chi connectivity index (χ2v) is 2.92. The summed E-state index contributed by atoms with van der Waals surface area (Å²) in [5.41, 5.74) is 0. The molecule has 1 aliphatic rings. The summed E-state index contributed by atoms with van der Waals surface area (Å²) in [7, 11) is 3.22. The van der Waals surface area contributed by atoms with E-state index in [-0.39, 0.29) is 24.3 Å². The van der Waals surface area contributed by atoms with Crippen molar-refractivity contribution in [3.05, 3.63) is 0 Å². The average molecular weight is 184 g/mol. The summed E-state index contributed by atoms with van der Waals surface area (Å²) < 4.78 is 4.80. The van der Waals surface area contributed by atoms with Gasteiger partial charge < -0.3 is 9.96 Å². The van der Waals surface area contributed by atoms with E-state index in [0.717, 1.165) is 0 Å². The van der Waals surface area contributed by atoms with E-state index in [4.69, 9.17) is 4.74 Å². The van der Waals surface area contributed by atoms with Gasteiger partial charge in [-0.05, 0) is 0 Å². The van der Waals surface area contributed by atoms with Gasteiger partial charge in [0.1, 0.15) is 0 Å². The Morgan fingerprint density at radius 2 is 2.38 bits per heavy atom. The van der Waals surface area contributed by atoms with Crippen molar-refractivity contribution in [2.45, 2.75) is 12.5 Å². The van der Waals surface area contributed by atoms with Crippen molar-refractivity contribution in [1.82, 2.24) is 10.1 Å². The van der Waals surface area contributed by atoms with Crippen LogP contribution in [0.4, 0.5) is 0 Å². The first-order valence-electron chi connectivity index (χ1n) is 4.21. The van der Waals surface area contributed by atoms with Crippen LogP contribution < -0.4 is 5.23 Å². The van der Waals surface area contributed by atoms with E-state index in [9.17, 15) is 9.59 Å². The summed E-state index contributed by atoms with van der Waals surface area (Å²) >= 11 is 0. The molecule has 72 valence electrons. The van der Waals surface area contributed by atoms with Crippen LogP contribution in [0.1, 0.15) is 6.42 Å². The van der Waals surface area contributed by atoms with Crippen molar-refractivity contribution >= 4 is 19.8 Å². The van der Waals surface area contributed by atoms with E-state index < -0.39 is 0 Å². The van der Waals surface area contributed by atoms with Gasteiger partial charge in [0.2, 0.25) is 11.8 Å². The highest BCUT2D eigenvalue weighted by atomic mass is 16.5. The van der Waals surface area contributed by atoms with Gasteiger partial charge in [0, 0.05) is 7.11 Å². The maximum absolute atomic E-state index is 11.4. The van der Waals surface area contributed by atoms with Crippen LogP contribution in [0, 0.1) is 0 Å². The topological polar surface area (TPSA) is 58.6 Å². The summed E-state index contributed by atoms with van der Waals surface area (Å²) in [5.74, 6) is -0.272. The summed E-state index contributed by atoms with van der Waals surface area (Å²) in [6, 6.07) is -0.343. The molecule has 0 aromatic rings. The molecular formula is C7H13BN2O3. The minimum atomic E-state index is -0.343. The quantitative estimate of drug-likeness (QED) is 0.401. The fourth-order valence-corrected chi connectivity index (χ4v) is 1.33. The Bertz CT molecular complexity index is 222. The van der Waals surface area contributed by atoms with Crippen molar-refractivity contribution in [2.75, 3.05) is 20.3 Å². The Labute approximate surface area is 77.8 Å². The molecule has 1 saturated heterocycles. The highest BCUT2D eigenvalue weighted by Gasteiger charge is 2.36. The van der Waals surface area contributed by atoms with Gasteiger partial charge >= 0.3 is 0 Å². The minimum Gasteiger partial charge on any atom is -0.383 e. The molecule has 1 heterocycles. The van der Waals surface area contributed by atoms with Gasteiger partial charge in [0.15, 0.2) is 7.98 Å². The Kier molecular flexibility index (Phi) is 3.44. The van der Waals surface area contributed by atoms with Crippen LogP contribution in [-0.2, 0) is 14.3 Å². The van der Waals surface area contributed by atoms with Gasteiger partial charge in [-0.15, -0.1) is 0 Å². The number of hydrogen-bond acceptors (Lipinski definition) is 4. The molecule has 1 unspecified atom stereocenters. The van der Waals surface area contributed by atoms with Crippen molar-refractivity contribution in [1.29, 1.82) is 0 Å². The van der Waals surface area contributed by atoms with Gasteiger partial charge in [-0.2, -0.15) is 0 Å². The highest BCUT2D eigenvalue weighted by molar-refractivity contribution is 6.11. The number of nitrogens with one attached hydrogen (secondary N) is 1. The van der Waals surface area contributed by atoms with Crippen molar-refractivity contribution in [3.8, 4) is 0 Å². The fourth-order valence-electron chi connectivity index (χ4n) is 1.33. The third kappa shape index (κ3) is 2.08. The molecule has 0 aromatic heterocycles. The Morgan fingerprint density at radius 3 is 2.85 bits per heavy atom. The first kappa shape index (κ1) is 10.2. The second-order valence-electron chi connectivity index (χ2n) is 2.92. The van der Waals surface area contributed by atoms with Crippen LogP contribution in [0.25, 0.3) is 0 Å². The number of nitrogens with zero attached hydrogens (tertiary/aromatic N) is 1. The van der Waals surface area contributed by atoms with E-state index in [1.54, 1.807) is 15.1 Å². The molecule has 1 atom stereocenters. The predicted molar refractivity (Wildman–Crippen MR) is 48.7 cm³/mol. The molecule has 13 heavy (non-hydrogen) atoms. The largest absolute Gasteiger partial charge is 0.383 e. The number of hydrogen-bond donors (Lipinski definition) is 1. The van der Waals surface area contributed by atoms with Crippen LogP contribution in [0.5, 0.6) is 0 Å². The maximum atomic E-state index is 11.4. The van der Waals surface area contributed by atoms with Crippen molar-refractivity contribution in [3.63, 3.8) is 0 Å². The molecule has 0 saturated carbocycles. The molecular weight excluding hydrogens is 171 g/mol. The zero-order valence-corrected chi connectivity index (χ0v) is 7.87. The molecule has 0 aliphatic carbocycles. The van der Waals surface area contributed by atoms with Gasteiger partial charge in [-0.25, -0.2) is 0 Å². The lowest BCUT2D eigenvalue weighted by molar-refractivity contribution is -0.139. The first-order valence-corrected chi connectivity index (χ1v) is 4.21. The minimum absolute atomic E-state index is 0.124. The zero-order chi connectivity index (χ0) is 9.84. The lowest BCUT2D eigenvalue weighted by Crippen LogP contribution is -2.39. The number of carbonyl (C=O) groups excluding carboxylic acids is 2. The molecule has 0 spiro atoms. The summed E-state index contributed by atoms with van der Waals surface area (Å²) in [4.78, 5) is 24.0. The number of imide groups is 1. The van der Waals surface area contributed by atoms with Crippen LogP contribution in [0.15, 0.2) is 0 Å². The standard InChI is InChI=1S/C7H13BN2O3/c1-13-3-2-10-6(11)4-5(9-8)7(10)12/h5,9H,2-4,8H2,1H3. The first-order chi connectivity index (χ1) is 6.20. The molecule has 0 aromatic carbocycles. The number of methoxy groups -OCH3 is 1. The smallest absolute Gasteiger partial charge is 0.245 e. The second kappa shape index (κ2) is 4.39. The molecule has 6 heteroatoms. The Hall–Kier alpha value is -0.875. The van der Waals surface area contributed by atoms with E-state index in [1.165, 1.54) is 4.90 Å². The predicted octanol–water partition coefficient (Wildman–Crippen LogP) is -2.10. The molecule has 2 amide bonds. The molecule has 0 radical (unpaired) electrons. The average Bonchev–Trinajstić information content (AvgIpc) is 2.39. The monoisotopic (exact) mass is 184 g/mol. The zero-order valence-electron chi connectivity index (χ0n) is 7.87. The normalized spacial score (nSPS) is 22.8. The van der Waals surface area contributed by atoms with Crippen LogP contribution >= 0.6 is 0 Å². The maximum Gasteiger partial charge on any atom is 0.245 e. The SMILES string of the molecule is BNC1CC(=O)N(CCOC)C1=O. The van der Waals surface area contributed by atoms with Gasteiger partial charge in [-0.3, -0.25) is 14.5 Å². The van der Waals surface area contributed by atoms with E-state index in [1.807, 2.05) is 0 Å². The fraction of sp³-hybridized carbons (Fsp3) is 0.714. The Morgan fingerprint density at radius 1 is 1.69 bits per heavy atom. The van der Waals surface area contributed by atoms with Crippen LogP contribution in [0.2, 0.25) is 0 Å². The van der Waals surface area contributed by atoms with E-state index in [0.29, 0.717) is 13.2 Å². The number of carbonyl (C=O) groups is 2. The number of amides is 2. The van der Waals surface area contributed by atoms with E-state index >= 15 is 0 Å². The lowest BCUT2D eigenvalue weighted by Gasteiger charge is -2.13. The molecule has 1 fully saturated rings.